The van der Waals surface area contributed by atoms with Gasteiger partial charge in [-0.1, -0.05) is 78.4 Å². The van der Waals surface area contributed by atoms with E-state index < -0.39 is 11.7 Å². The standard InChI is InChI=1S/C22H15F3/c1-14-10-12-15(13-11-14)20-16-6-2-4-8-18(16)21(22(23,24)25)19-9-5-3-7-17(19)20/h2-13H,1H3. The topological polar surface area (TPSA) is 0 Å². The maximum absolute atomic E-state index is 13.8. The fraction of sp³-hybridized carbons (Fsp3) is 0.0909. The summed E-state index contributed by atoms with van der Waals surface area (Å²) in [5, 5.41) is 1.73. The second-order valence-electron chi connectivity index (χ2n) is 6.20. The quantitative estimate of drug-likeness (QED) is 0.329. The molecular formula is C22H15F3. The van der Waals surface area contributed by atoms with Crippen LogP contribution in [-0.4, -0.2) is 0 Å². The van der Waals surface area contributed by atoms with Crippen molar-refractivity contribution in [2.75, 3.05) is 0 Å². The van der Waals surface area contributed by atoms with Gasteiger partial charge < -0.3 is 0 Å². The van der Waals surface area contributed by atoms with E-state index in [2.05, 4.69) is 0 Å². The molecule has 25 heavy (non-hydrogen) atoms. The van der Waals surface area contributed by atoms with Crippen LogP contribution in [0.25, 0.3) is 32.7 Å². The molecule has 0 saturated carbocycles. The van der Waals surface area contributed by atoms with E-state index in [9.17, 15) is 13.2 Å². The zero-order valence-corrected chi connectivity index (χ0v) is 13.6. The lowest BCUT2D eigenvalue weighted by atomic mass is 9.88. The molecule has 0 nitrogen and oxygen atoms in total. The van der Waals surface area contributed by atoms with Crippen LogP contribution in [0.5, 0.6) is 0 Å². The first-order valence-corrected chi connectivity index (χ1v) is 8.04. The minimum absolute atomic E-state index is 0.240. The fourth-order valence-electron chi connectivity index (χ4n) is 3.47. The van der Waals surface area contributed by atoms with Gasteiger partial charge in [0.05, 0.1) is 5.56 Å². The summed E-state index contributed by atoms with van der Waals surface area (Å²) in [4.78, 5) is 0. The van der Waals surface area contributed by atoms with Crippen LogP contribution in [-0.2, 0) is 6.18 Å². The third-order valence-corrected chi connectivity index (χ3v) is 4.56. The van der Waals surface area contributed by atoms with E-state index in [1.54, 1.807) is 48.5 Å². The van der Waals surface area contributed by atoms with E-state index in [1.165, 1.54) is 0 Å². The first-order chi connectivity index (χ1) is 12.0. The summed E-state index contributed by atoms with van der Waals surface area (Å²) in [6.07, 6.45) is -4.41. The summed E-state index contributed by atoms with van der Waals surface area (Å²) in [5.74, 6) is 0. The molecule has 0 atom stereocenters. The van der Waals surface area contributed by atoms with Crippen molar-refractivity contribution in [2.24, 2.45) is 0 Å². The lowest BCUT2D eigenvalue weighted by Gasteiger charge is -2.18. The molecule has 0 aliphatic heterocycles. The number of hydrogen-bond donors (Lipinski definition) is 0. The van der Waals surface area contributed by atoms with Crippen molar-refractivity contribution >= 4 is 21.5 Å². The number of fused-ring (bicyclic) bond motifs is 2. The molecule has 0 unspecified atom stereocenters. The number of hydrogen-bond acceptors (Lipinski definition) is 0. The lowest BCUT2D eigenvalue weighted by molar-refractivity contribution is -0.135. The molecule has 0 radical (unpaired) electrons. The Kier molecular flexibility index (Phi) is 3.53. The molecule has 4 aromatic carbocycles. The van der Waals surface area contributed by atoms with Crippen molar-refractivity contribution in [1.82, 2.24) is 0 Å². The molecule has 0 aromatic heterocycles. The maximum Gasteiger partial charge on any atom is 0.417 e. The SMILES string of the molecule is Cc1ccc(-c2c3ccccc3c(C(F)(F)F)c3ccccc23)cc1. The van der Waals surface area contributed by atoms with Crippen molar-refractivity contribution in [1.29, 1.82) is 0 Å². The van der Waals surface area contributed by atoms with Crippen LogP contribution in [0.4, 0.5) is 13.2 Å². The van der Waals surface area contributed by atoms with Gasteiger partial charge in [0.15, 0.2) is 0 Å². The molecular weight excluding hydrogens is 321 g/mol. The minimum atomic E-state index is -4.41. The van der Waals surface area contributed by atoms with E-state index in [-0.39, 0.29) is 10.8 Å². The average molecular weight is 336 g/mol. The Labute approximate surface area is 143 Å². The van der Waals surface area contributed by atoms with Gasteiger partial charge in [-0.2, -0.15) is 13.2 Å². The van der Waals surface area contributed by atoms with Crippen molar-refractivity contribution in [2.45, 2.75) is 13.1 Å². The molecule has 4 rings (SSSR count). The Hall–Kier alpha value is -2.81. The molecule has 0 aliphatic rings. The monoisotopic (exact) mass is 336 g/mol. The third-order valence-electron chi connectivity index (χ3n) is 4.56. The highest BCUT2D eigenvalue weighted by Crippen LogP contribution is 2.45. The van der Waals surface area contributed by atoms with Crippen LogP contribution in [0.2, 0.25) is 0 Å². The van der Waals surface area contributed by atoms with E-state index in [0.717, 1.165) is 16.7 Å². The van der Waals surface area contributed by atoms with Crippen molar-refractivity contribution < 1.29 is 13.2 Å². The molecule has 0 saturated heterocycles. The van der Waals surface area contributed by atoms with Gasteiger partial charge >= 0.3 is 6.18 Å². The Bertz CT molecular complexity index is 1020. The first-order valence-electron chi connectivity index (χ1n) is 8.04. The van der Waals surface area contributed by atoms with Gasteiger partial charge in [-0.05, 0) is 39.6 Å². The second-order valence-corrected chi connectivity index (χ2v) is 6.20. The zero-order valence-electron chi connectivity index (χ0n) is 13.6. The molecule has 0 bridgehead atoms. The van der Waals surface area contributed by atoms with Crippen molar-refractivity contribution in [3.05, 3.63) is 83.9 Å². The Morgan fingerprint density at radius 3 is 1.48 bits per heavy atom. The highest BCUT2D eigenvalue weighted by atomic mass is 19.4. The molecule has 0 heterocycles. The summed E-state index contributed by atoms with van der Waals surface area (Å²) < 4.78 is 41.5. The zero-order chi connectivity index (χ0) is 17.6. The maximum atomic E-state index is 13.8. The predicted octanol–water partition coefficient (Wildman–Crippen LogP) is 6.99. The normalized spacial score (nSPS) is 12.0. The predicted molar refractivity (Wildman–Crippen MR) is 96.6 cm³/mol. The van der Waals surface area contributed by atoms with Crippen LogP contribution in [0, 0.1) is 6.92 Å². The Morgan fingerprint density at radius 1 is 0.600 bits per heavy atom. The molecule has 0 spiro atoms. The number of aryl methyl sites for hydroxylation is 1. The second kappa shape index (κ2) is 5.62. The van der Waals surface area contributed by atoms with Gasteiger partial charge in [-0.15, -0.1) is 0 Å². The number of benzene rings is 4. The van der Waals surface area contributed by atoms with Crippen LogP contribution in [0.3, 0.4) is 0 Å². The average Bonchev–Trinajstić information content (AvgIpc) is 2.59. The highest BCUT2D eigenvalue weighted by molar-refractivity contribution is 6.15. The van der Waals surface area contributed by atoms with E-state index in [1.807, 2.05) is 31.2 Å². The fourth-order valence-corrected chi connectivity index (χ4v) is 3.47. The smallest absolute Gasteiger partial charge is 0.166 e. The van der Waals surface area contributed by atoms with Crippen LogP contribution in [0.1, 0.15) is 11.1 Å². The molecule has 0 fully saturated rings. The van der Waals surface area contributed by atoms with Gasteiger partial charge in [0, 0.05) is 0 Å². The first kappa shape index (κ1) is 15.7. The van der Waals surface area contributed by atoms with Crippen molar-refractivity contribution in [3.63, 3.8) is 0 Å². The van der Waals surface area contributed by atoms with E-state index in [0.29, 0.717) is 10.8 Å². The van der Waals surface area contributed by atoms with E-state index in [4.69, 9.17) is 0 Å². The van der Waals surface area contributed by atoms with Crippen LogP contribution < -0.4 is 0 Å². The summed E-state index contributed by atoms with van der Waals surface area (Å²) >= 11 is 0. The largest absolute Gasteiger partial charge is 0.417 e. The minimum Gasteiger partial charge on any atom is -0.166 e. The molecule has 0 N–H and O–H groups in total. The molecule has 124 valence electrons. The number of alkyl halides is 3. The molecule has 3 heteroatoms. The molecule has 0 aliphatic carbocycles. The van der Waals surface area contributed by atoms with Crippen molar-refractivity contribution in [3.8, 4) is 11.1 Å². The summed E-state index contributed by atoms with van der Waals surface area (Å²) in [7, 11) is 0. The van der Waals surface area contributed by atoms with Gasteiger partial charge in [0.2, 0.25) is 0 Å². The van der Waals surface area contributed by atoms with Gasteiger partial charge in [-0.3, -0.25) is 0 Å². The summed E-state index contributed by atoms with van der Waals surface area (Å²) in [6, 6.07) is 21.4. The highest BCUT2D eigenvalue weighted by Gasteiger charge is 2.35. The Morgan fingerprint density at radius 2 is 1.04 bits per heavy atom. The summed E-state index contributed by atoms with van der Waals surface area (Å²) in [5.41, 5.74) is 2.32. The number of halogens is 3. The van der Waals surface area contributed by atoms with Crippen LogP contribution >= 0.6 is 0 Å². The number of rotatable bonds is 1. The van der Waals surface area contributed by atoms with Crippen LogP contribution in [0.15, 0.2) is 72.8 Å². The molecule has 0 amide bonds. The van der Waals surface area contributed by atoms with Gasteiger partial charge in [0.1, 0.15) is 0 Å². The van der Waals surface area contributed by atoms with Gasteiger partial charge in [-0.25, -0.2) is 0 Å². The summed E-state index contributed by atoms with van der Waals surface area (Å²) in [6.45, 7) is 1.99. The Balaban J connectivity index is 2.25. The third kappa shape index (κ3) is 2.56. The van der Waals surface area contributed by atoms with E-state index >= 15 is 0 Å². The lowest BCUT2D eigenvalue weighted by Crippen LogP contribution is -2.07. The van der Waals surface area contributed by atoms with Gasteiger partial charge in [0.25, 0.3) is 0 Å². The molecule has 4 aromatic rings.